The summed E-state index contributed by atoms with van der Waals surface area (Å²) in [5.74, 6) is 0.0816. The second kappa shape index (κ2) is 7.03. The molecule has 0 spiro atoms. The number of anilines is 3. The molecule has 136 valence electrons. The van der Waals surface area contributed by atoms with Crippen LogP contribution in [-0.2, 0) is 13.0 Å². The molecule has 3 N–H and O–H groups in total. The van der Waals surface area contributed by atoms with Crippen LogP contribution in [0.15, 0.2) is 48.8 Å². The second-order valence-corrected chi connectivity index (χ2v) is 6.55. The van der Waals surface area contributed by atoms with Crippen LogP contribution in [0.5, 0.6) is 0 Å². The van der Waals surface area contributed by atoms with Gasteiger partial charge in [-0.1, -0.05) is 18.2 Å². The number of aryl methyl sites for hydroxylation is 1. The van der Waals surface area contributed by atoms with Crippen LogP contribution in [0.2, 0.25) is 0 Å². The van der Waals surface area contributed by atoms with Crippen LogP contribution in [0, 0.1) is 6.92 Å². The van der Waals surface area contributed by atoms with Gasteiger partial charge >= 0.3 is 0 Å². The van der Waals surface area contributed by atoms with E-state index in [1.807, 2.05) is 43.3 Å². The molecule has 0 saturated heterocycles. The highest BCUT2D eigenvalue weighted by Gasteiger charge is 2.21. The number of rotatable bonds is 3. The Morgan fingerprint density at radius 3 is 2.81 bits per heavy atom. The monoisotopic (exact) mass is 360 g/mol. The van der Waals surface area contributed by atoms with Gasteiger partial charge in [0.25, 0.3) is 5.91 Å². The molecular formula is C20H20N6O. The zero-order valence-electron chi connectivity index (χ0n) is 15.0. The number of hydrogen-bond donors (Lipinski definition) is 2. The molecule has 0 bridgehead atoms. The van der Waals surface area contributed by atoms with Crippen molar-refractivity contribution in [3.8, 4) is 0 Å². The number of aromatic nitrogens is 3. The molecule has 0 unspecified atom stereocenters. The predicted octanol–water partition coefficient (Wildman–Crippen LogP) is 2.58. The van der Waals surface area contributed by atoms with Gasteiger partial charge in [0.2, 0.25) is 5.95 Å². The van der Waals surface area contributed by atoms with E-state index in [9.17, 15) is 4.79 Å². The summed E-state index contributed by atoms with van der Waals surface area (Å²) in [7, 11) is 0. The molecule has 0 radical (unpaired) electrons. The van der Waals surface area contributed by atoms with Crippen molar-refractivity contribution < 1.29 is 4.79 Å². The minimum absolute atomic E-state index is 0.226. The number of hydrogen-bond acceptors (Lipinski definition) is 6. The van der Waals surface area contributed by atoms with Crippen LogP contribution in [-0.4, -0.2) is 27.4 Å². The minimum Gasteiger partial charge on any atom is -0.368 e. The molecule has 1 amide bonds. The molecule has 2 aromatic heterocycles. The highest BCUT2D eigenvalue weighted by Crippen LogP contribution is 2.27. The lowest BCUT2D eigenvalue weighted by molar-refractivity contribution is 0.102. The smallest absolute Gasteiger partial charge is 0.274 e. The first-order chi connectivity index (χ1) is 13.1. The summed E-state index contributed by atoms with van der Waals surface area (Å²) in [6.45, 7) is 3.48. The first-order valence-corrected chi connectivity index (χ1v) is 8.78. The van der Waals surface area contributed by atoms with E-state index < -0.39 is 0 Å². The molecule has 0 saturated carbocycles. The number of para-hydroxylation sites is 1. The topological polar surface area (TPSA) is 97.0 Å². The average molecular weight is 360 g/mol. The van der Waals surface area contributed by atoms with Crippen molar-refractivity contribution in [2.45, 2.75) is 19.9 Å². The number of carbonyl (C=O) groups is 1. The maximum Gasteiger partial charge on any atom is 0.274 e. The number of pyridine rings is 1. The third-order valence-electron chi connectivity index (χ3n) is 4.63. The number of nitrogens with zero attached hydrogens (tertiary/aromatic N) is 4. The summed E-state index contributed by atoms with van der Waals surface area (Å²) >= 11 is 0. The van der Waals surface area contributed by atoms with Crippen LogP contribution >= 0.6 is 0 Å². The van der Waals surface area contributed by atoms with Gasteiger partial charge in [-0.25, -0.2) is 9.97 Å². The van der Waals surface area contributed by atoms with Gasteiger partial charge in [-0.05, 0) is 30.7 Å². The Morgan fingerprint density at radius 2 is 2.00 bits per heavy atom. The van der Waals surface area contributed by atoms with Crippen LogP contribution in [0.25, 0.3) is 0 Å². The van der Waals surface area contributed by atoms with Gasteiger partial charge in [-0.3, -0.25) is 9.78 Å². The quantitative estimate of drug-likeness (QED) is 0.745. The van der Waals surface area contributed by atoms with Crippen molar-refractivity contribution in [2.24, 2.45) is 0 Å². The molecule has 0 atom stereocenters. The summed E-state index contributed by atoms with van der Waals surface area (Å²) in [6.07, 6.45) is 4.31. The summed E-state index contributed by atoms with van der Waals surface area (Å²) in [6, 6.07) is 11.2. The summed E-state index contributed by atoms with van der Waals surface area (Å²) in [5.41, 5.74) is 10.9. The molecule has 3 heterocycles. The maximum atomic E-state index is 12.6. The fourth-order valence-corrected chi connectivity index (χ4v) is 3.23. The summed E-state index contributed by atoms with van der Waals surface area (Å²) in [4.78, 5) is 27.5. The van der Waals surface area contributed by atoms with Crippen LogP contribution < -0.4 is 16.0 Å². The summed E-state index contributed by atoms with van der Waals surface area (Å²) in [5, 5.41) is 2.88. The third kappa shape index (κ3) is 3.57. The van der Waals surface area contributed by atoms with E-state index in [4.69, 9.17) is 5.73 Å². The fraction of sp³-hybridized carbons (Fsp3) is 0.200. The van der Waals surface area contributed by atoms with E-state index in [2.05, 4.69) is 25.2 Å². The van der Waals surface area contributed by atoms with Crippen molar-refractivity contribution in [3.05, 3.63) is 71.3 Å². The fourth-order valence-electron chi connectivity index (χ4n) is 3.23. The number of nitrogen functional groups attached to an aromatic ring is 1. The number of fused-ring (bicyclic) bond motifs is 1. The molecule has 0 aliphatic carbocycles. The number of nitrogens with two attached hydrogens (primary N) is 1. The van der Waals surface area contributed by atoms with Crippen LogP contribution in [0.3, 0.4) is 0 Å². The van der Waals surface area contributed by atoms with E-state index in [1.54, 1.807) is 12.4 Å². The molecule has 1 aromatic carbocycles. The van der Waals surface area contributed by atoms with E-state index in [-0.39, 0.29) is 5.91 Å². The molecule has 1 aliphatic rings. The molecule has 7 heteroatoms. The average Bonchev–Trinajstić information content (AvgIpc) is 2.68. The van der Waals surface area contributed by atoms with E-state index in [1.165, 1.54) is 0 Å². The molecule has 4 rings (SSSR count). The minimum atomic E-state index is -0.226. The van der Waals surface area contributed by atoms with Gasteiger partial charge in [0.1, 0.15) is 5.69 Å². The largest absolute Gasteiger partial charge is 0.368 e. The highest BCUT2D eigenvalue weighted by molar-refractivity contribution is 6.03. The number of amides is 1. The molecule has 27 heavy (non-hydrogen) atoms. The lowest BCUT2D eigenvalue weighted by Crippen LogP contribution is -2.32. The Labute approximate surface area is 157 Å². The van der Waals surface area contributed by atoms with Gasteiger partial charge in [0, 0.05) is 48.8 Å². The van der Waals surface area contributed by atoms with E-state index in [0.29, 0.717) is 18.2 Å². The van der Waals surface area contributed by atoms with E-state index >= 15 is 0 Å². The zero-order chi connectivity index (χ0) is 18.8. The first-order valence-electron chi connectivity index (χ1n) is 8.78. The van der Waals surface area contributed by atoms with Crippen LogP contribution in [0.1, 0.15) is 27.3 Å². The van der Waals surface area contributed by atoms with Crippen molar-refractivity contribution >= 4 is 23.2 Å². The summed E-state index contributed by atoms with van der Waals surface area (Å²) < 4.78 is 0. The second-order valence-electron chi connectivity index (χ2n) is 6.55. The Balaban J connectivity index is 1.58. The predicted molar refractivity (Wildman–Crippen MR) is 105 cm³/mol. The zero-order valence-corrected chi connectivity index (χ0v) is 15.0. The van der Waals surface area contributed by atoms with Crippen LogP contribution in [0.4, 0.5) is 17.3 Å². The highest BCUT2D eigenvalue weighted by atomic mass is 16.1. The van der Waals surface area contributed by atoms with Gasteiger partial charge in [-0.15, -0.1) is 0 Å². The standard InChI is InChI=1S/C20H20N6O/c1-13-10-22-17(19(27)24-15-5-3-2-4-6-15)9-18(13)26-8-7-16-14(12-26)11-23-20(21)25-16/h2-6,9-11H,7-8,12H2,1H3,(H,24,27)(H2,21,23,25). The Bertz CT molecular complexity index is 989. The molecule has 7 nitrogen and oxygen atoms in total. The lowest BCUT2D eigenvalue weighted by Gasteiger charge is -2.31. The Hall–Kier alpha value is -3.48. The Kier molecular flexibility index (Phi) is 4.42. The third-order valence-corrected chi connectivity index (χ3v) is 4.63. The maximum absolute atomic E-state index is 12.6. The van der Waals surface area contributed by atoms with Crippen molar-refractivity contribution in [2.75, 3.05) is 22.5 Å². The SMILES string of the molecule is Cc1cnc(C(=O)Nc2ccccc2)cc1N1CCc2nc(N)ncc2C1. The lowest BCUT2D eigenvalue weighted by atomic mass is 10.1. The molecule has 1 aliphatic heterocycles. The molecular weight excluding hydrogens is 340 g/mol. The van der Waals surface area contributed by atoms with Crippen molar-refractivity contribution in [3.63, 3.8) is 0 Å². The van der Waals surface area contributed by atoms with Gasteiger partial charge in [-0.2, -0.15) is 0 Å². The first kappa shape index (κ1) is 17.0. The number of nitrogens with one attached hydrogen (secondary N) is 1. The van der Waals surface area contributed by atoms with Gasteiger partial charge in [0.15, 0.2) is 0 Å². The Morgan fingerprint density at radius 1 is 1.19 bits per heavy atom. The van der Waals surface area contributed by atoms with Gasteiger partial charge < -0.3 is 16.0 Å². The number of benzene rings is 1. The molecule has 0 fully saturated rings. The van der Waals surface area contributed by atoms with E-state index in [0.717, 1.165) is 41.2 Å². The number of carbonyl (C=O) groups excluding carboxylic acids is 1. The molecule has 3 aromatic rings. The van der Waals surface area contributed by atoms with Crippen molar-refractivity contribution in [1.82, 2.24) is 15.0 Å². The van der Waals surface area contributed by atoms with Gasteiger partial charge in [0.05, 0.1) is 5.69 Å². The normalized spacial score (nSPS) is 13.1. The van der Waals surface area contributed by atoms with Crippen molar-refractivity contribution in [1.29, 1.82) is 0 Å².